The van der Waals surface area contributed by atoms with Gasteiger partial charge in [0.2, 0.25) is 5.91 Å². The second-order valence-electron chi connectivity index (χ2n) is 4.89. The van der Waals surface area contributed by atoms with E-state index in [-0.39, 0.29) is 19.1 Å². The molecule has 1 N–H and O–H groups in total. The predicted molar refractivity (Wildman–Crippen MR) is 77.7 cm³/mol. The number of hydrogen-bond donors (Lipinski definition) is 1. The highest BCUT2D eigenvalue weighted by Crippen LogP contribution is 2.03. The van der Waals surface area contributed by atoms with E-state index < -0.39 is 11.9 Å². The van der Waals surface area contributed by atoms with Crippen molar-refractivity contribution >= 4 is 11.9 Å². The van der Waals surface area contributed by atoms with Crippen LogP contribution in [0.3, 0.4) is 0 Å². The molecule has 0 saturated heterocycles. The molecule has 0 radical (unpaired) electrons. The Kier molecular flexibility index (Phi) is 10.0. The van der Waals surface area contributed by atoms with Crippen LogP contribution in [-0.4, -0.2) is 73.2 Å². The van der Waals surface area contributed by atoms with Crippen LogP contribution in [0.1, 0.15) is 27.2 Å². The maximum atomic E-state index is 11.9. The van der Waals surface area contributed by atoms with Crippen molar-refractivity contribution in [1.82, 2.24) is 9.80 Å². The SMILES string of the molecule is CCN(CC)CCCN(CC(C)C(=O)O)C(=O)COC. The van der Waals surface area contributed by atoms with Gasteiger partial charge in [0.15, 0.2) is 0 Å². The van der Waals surface area contributed by atoms with Gasteiger partial charge >= 0.3 is 5.97 Å². The fraction of sp³-hybridized carbons (Fsp3) is 0.857. The molecule has 0 spiro atoms. The van der Waals surface area contributed by atoms with E-state index in [4.69, 9.17) is 9.84 Å². The molecular weight excluding hydrogens is 260 g/mol. The van der Waals surface area contributed by atoms with Gasteiger partial charge in [0.05, 0.1) is 5.92 Å². The summed E-state index contributed by atoms with van der Waals surface area (Å²) in [5.41, 5.74) is 0. The molecule has 0 bridgehead atoms. The largest absolute Gasteiger partial charge is 0.481 e. The summed E-state index contributed by atoms with van der Waals surface area (Å²) in [6.07, 6.45) is 0.837. The Morgan fingerprint density at radius 2 is 1.80 bits per heavy atom. The van der Waals surface area contributed by atoms with E-state index in [1.165, 1.54) is 7.11 Å². The number of carboxylic acid groups (broad SMARTS) is 1. The fourth-order valence-electron chi connectivity index (χ4n) is 1.97. The highest BCUT2D eigenvalue weighted by Gasteiger charge is 2.20. The average Bonchev–Trinajstić information content (AvgIpc) is 2.42. The monoisotopic (exact) mass is 288 g/mol. The molecule has 0 heterocycles. The fourth-order valence-corrected chi connectivity index (χ4v) is 1.97. The molecular formula is C14H28N2O4. The van der Waals surface area contributed by atoms with E-state index in [1.807, 2.05) is 0 Å². The molecule has 0 aromatic rings. The molecule has 0 aromatic heterocycles. The van der Waals surface area contributed by atoms with Gasteiger partial charge in [-0.1, -0.05) is 20.8 Å². The molecule has 1 atom stereocenters. The van der Waals surface area contributed by atoms with Crippen molar-refractivity contribution in [2.45, 2.75) is 27.2 Å². The number of hydrogen-bond acceptors (Lipinski definition) is 4. The lowest BCUT2D eigenvalue weighted by Gasteiger charge is -2.26. The minimum atomic E-state index is -0.885. The number of nitrogens with zero attached hydrogens (tertiary/aromatic N) is 2. The van der Waals surface area contributed by atoms with Crippen molar-refractivity contribution in [3.8, 4) is 0 Å². The first-order chi connectivity index (χ1) is 9.46. The Morgan fingerprint density at radius 3 is 2.25 bits per heavy atom. The smallest absolute Gasteiger partial charge is 0.308 e. The average molecular weight is 288 g/mol. The van der Waals surface area contributed by atoms with Crippen LogP contribution in [0.2, 0.25) is 0 Å². The summed E-state index contributed by atoms with van der Waals surface area (Å²) in [5.74, 6) is -1.60. The van der Waals surface area contributed by atoms with Crippen LogP contribution in [0.5, 0.6) is 0 Å². The second-order valence-corrected chi connectivity index (χ2v) is 4.89. The van der Waals surface area contributed by atoms with Gasteiger partial charge in [-0.2, -0.15) is 0 Å². The molecule has 118 valence electrons. The third kappa shape index (κ3) is 7.45. The zero-order valence-corrected chi connectivity index (χ0v) is 13.1. The zero-order chi connectivity index (χ0) is 15.5. The van der Waals surface area contributed by atoms with Gasteiger partial charge in [0.1, 0.15) is 6.61 Å². The molecule has 1 amide bonds. The van der Waals surface area contributed by atoms with Crippen LogP contribution >= 0.6 is 0 Å². The third-order valence-corrected chi connectivity index (χ3v) is 3.33. The van der Waals surface area contributed by atoms with E-state index in [9.17, 15) is 9.59 Å². The number of carboxylic acids is 1. The quantitative estimate of drug-likeness (QED) is 0.612. The zero-order valence-electron chi connectivity index (χ0n) is 13.1. The summed E-state index contributed by atoms with van der Waals surface area (Å²) in [5, 5.41) is 8.95. The first-order valence-corrected chi connectivity index (χ1v) is 7.18. The molecule has 0 saturated carbocycles. The summed E-state index contributed by atoms with van der Waals surface area (Å²) >= 11 is 0. The number of carbonyl (C=O) groups excluding carboxylic acids is 1. The Morgan fingerprint density at radius 1 is 1.20 bits per heavy atom. The lowest BCUT2D eigenvalue weighted by Crippen LogP contribution is -2.40. The highest BCUT2D eigenvalue weighted by molar-refractivity contribution is 5.78. The van der Waals surface area contributed by atoms with Gasteiger partial charge in [-0.3, -0.25) is 9.59 Å². The van der Waals surface area contributed by atoms with Crippen molar-refractivity contribution < 1.29 is 19.4 Å². The summed E-state index contributed by atoms with van der Waals surface area (Å²) in [6, 6.07) is 0. The number of rotatable bonds is 11. The predicted octanol–water partition coefficient (Wildman–Crippen LogP) is 0.914. The van der Waals surface area contributed by atoms with Gasteiger partial charge in [-0.15, -0.1) is 0 Å². The molecule has 0 aliphatic rings. The van der Waals surface area contributed by atoms with Crippen LogP contribution in [-0.2, 0) is 14.3 Å². The van der Waals surface area contributed by atoms with Crippen LogP contribution in [0, 0.1) is 5.92 Å². The molecule has 0 aromatic carbocycles. The molecule has 20 heavy (non-hydrogen) atoms. The van der Waals surface area contributed by atoms with Crippen molar-refractivity contribution in [2.75, 3.05) is 46.4 Å². The van der Waals surface area contributed by atoms with E-state index >= 15 is 0 Å². The summed E-state index contributed by atoms with van der Waals surface area (Å²) in [6.45, 7) is 9.48. The molecule has 0 rings (SSSR count). The number of aliphatic carboxylic acids is 1. The van der Waals surface area contributed by atoms with Crippen LogP contribution in [0.4, 0.5) is 0 Å². The van der Waals surface area contributed by atoms with Gasteiger partial charge in [0.25, 0.3) is 0 Å². The minimum absolute atomic E-state index is 0.00237. The summed E-state index contributed by atoms with van der Waals surface area (Å²) in [4.78, 5) is 26.7. The molecule has 1 unspecified atom stereocenters. The first-order valence-electron chi connectivity index (χ1n) is 7.18. The van der Waals surface area contributed by atoms with Gasteiger partial charge in [-0.25, -0.2) is 0 Å². The topological polar surface area (TPSA) is 70.1 Å². The van der Waals surface area contributed by atoms with Crippen LogP contribution in [0.25, 0.3) is 0 Å². The van der Waals surface area contributed by atoms with E-state index in [1.54, 1.807) is 11.8 Å². The Balaban J connectivity index is 4.38. The van der Waals surface area contributed by atoms with Crippen molar-refractivity contribution in [3.05, 3.63) is 0 Å². The Hall–Kier alpha value is -1.14. The lowest BCUT2D eigenvalue weighted by atomic mass is 10.1. The van der Waals surface area contributed by atoms with Gasteiger partial charge in [-0.05, 0) is 26.1 Å². The number of carbonyl (C=O) groups is 2. The van der Waals surface area contributed by atoms with Crippen molar-refractivity contribution in [3.63, 3.8) is 0 Å². The number of amides is 1. The van der Waals surface area contributed by atoms with Crippen LogP contribution < -0.4 is 0 Å². The normalized spacial score (nSPS) is 12.4. The molecule has 0 aliphatic carbocycles. The molecule has 6 heteroatoms. The van der Waals surface area contributed by atoms with Gasteiger partial charge in [0, 0.05) is 20.2 Å². The molecule has 0 fully saturated rings. The highest BCUT2D eigenvalue weighted by atomic mass is 16.5. The number of methoxy groups -OCH3 is 1. The third-order valence-electron chi connectivity index (χ3n) is 3.33. The van der Waals surface area contributed by atoms with Gasteiger partial charge < -0.3 is 19.6 Å². The van der Waals surface area contributed by atoms with E-state index in [2.05, 4.69) is 18.7 Å². The minimum Gasteiger partial charge on any atom is -0.481 e. The van der Waals surface area contributed by atoms with Crippen molar-refractivity contribution in [2.24, 2.45) is 5.92 Å². The van der Waals surface area contributed by atoms with Crippen molar-refractivity contribution in [1.29, 1.82) is 0 Å². The Labute approximate surface area is 121 Å². The maximum Gasteiger partial charge on any atom is 0.308 e. The maximum absolute atomic E-state index is 11.9. The Bertz CT molecular complexity index is 293. The van der Waals surface area contributed by atoms with E-state index in [0.29, 0.717) is 6.54 Å². The summed E-state index contributed by atoms with van der Waals surface area (Å²) < 4.78 is 4.85. The summed E-state index contributed by atoms with van der Waals surface area (Å²) in [7, 11) is 1.46. The van der Waals surface area contributed by atoms with Crippen LogP contribution in [0.15, 0.2) is 0 Å². The second kappa shape index (κ2) is 10.6. The lowest BCUT2D eigenvalue weighted by molar-refractivity contribution is -0.143. The standard InChI is InChI=1S/C14H28N2O4/c1-5-15(6-2)8-7-9-16(13(17)11-20-4)10-12(3)14(18)19/h12H,5-11H2,1-4H3,(H,18,19). The molecule has 0 aliphatic heterocycles. The molecule has 6 nitrogen and oxygen atoms in total. The first kappa shape index (κ1) is 18.9. The number of ether oxygens (including phenoxy) is 1. The van der Waals surface area contributed by atoms with E-state index in [0.717, 1.165) is 26.1 Å².